The standard InChI is InChI=1S/C18H30N4O4.HI/c1-6-19-16(20-9-10-21-17(24)26-18(2,3)4)22-12-13-11-14(25-5)7-8-15(13)23;/h7-8,11,23H,6,9-10,12H2,1-5H3,(H,21,24)(H2,19,20,22);1H. The van der Waals surface area contributed by atoms with Gasteiger partial charge in [-0.15, -0.1) is 24.0 Å². The zero-order chi connectivity index (χ0) is 19.6. The maximum Gasteiger partial charge on any atom is 0.407 e. The summed E-state index contributed by atoms with van der Waals surface area (Å²) in [5.74, 6) is 1.41. The topological polar surface area (TPSA) is 104 Å². The fourth-order valence-electron chi connectivity index (χ4n) is 1.98. The third-order valence-electron chi connectivity index (χ3n) is 3.12. The Morgan fingerprint density at radius 1 is 1.19 bits per heavy atom. The van der Waals surface area contributed by atoms with Crippen LogP contribution in [0.15, 0.2) is 23.2 Å². The highest BCUT2D eigenvalue weighted by molar-refractivity contribution is 14.0. The summed E-state index contributed by atoms with van der Waals surface area (Å²) in [4.78, 5) is 16.0. The maximum absolute atomic E-state index is 11.6. The average molecular weight is 494 g/mol. The molecule has 154 valence electrons. The van der Waals surface area contributed by atoms with Gasteiger partial charge in [-0.3, -0.25) is 0 Å². The number of rotatable bonds is 7. The number of amides is 1. The quantitative estimate of drug-likeness (QED) is 0.201. The van der Waals surface area contributed by atoms with Crippen molar-refractivity contribution in [3.63, 3.8) is 0 Å². The minimum absolute atomic E-state index is 0. The molecule has 1 aromatic rings. The van der Waals surface area contributed by atoms with E-state index in [0.29, 0.717) is 36.9 Å². The van der Waals surface area contributed by atoms with Crippen LogP contribution in [0.25, 0.3) is 0 Å². The number of benzene rings is 1. The van der Waals surface area contributed by atoms with Crippen LogP contribution in [0.4, 0.5) is 4.79 Å². The van der Waals surface area contributed by atoms with Gasteiger partial charge in [-0.1, -0.05) is 0 Å². The van der Waals surface area contributed by atoms with Crippen LogP contribution in [0, 0.1) is 0 Å². The Bertz CT molecular complexity index is 618. The van der Waals surface area contributed by atoms with E-state index in [2.05, 4.69) is 20.9 Å². The first-order valence-electron chi connectivity index (χ1n) is 8.60. The van der Waals surface area contributed by atoms with Crippen molar-refractivity contribution >= 4 is 36.0 Å². The molecule has 0 unspecified atom stereocenters. The Balaban J connectivity index is 0.00000676. The van der Waals surface area contributed by atoms with Gasteiger partial charge in [0.2, 0.25) is 0 Å². The number of alkyl carbamates (subject to hydrolysis) is 1. The van der Waals surface area contributed by atoms with E-state index < -0.39 is 11.7 Å². The van der Waals surface area contributed by atoms with Crippen LogP contribution in [-0.2, 0) is 11.3 Å². The SMILES string of the molecule is CCNC(=NCc1cc(OC)ccc1O)NCCNC(=O)OC(C)(C)C.I. The van der Waals surface area contributed by atoms with Crippen LogP contribution in [-0.4, -0.2) is 49.5 Å². The number of hydrogen-bond acceptors (Lipinski definition) is 5. The number of phenols is 1. The van der Waals surface area contributed by atoms with E-state index in [1.165, 1.54) is 0 Å². The Morgan fingerprint density at radius 2 is 1.85 bits per heavy atom. The first-order chi connectivity index (χ1) is 12.2. The van der Waals surface area contributed by atoms with Crippen molar-refractivity contribution < 1.29 is 19.4 Å². The molecule has 4 N–H and O–H groups in total. The van der Waals surface area contributed by atoms with Gasteiger partial charge in [-0.25, -0.2) is 9.79 Å². The maximum atomic E-state index is 11.6. The van der Waals surface area contributed by atoms with Crippen LogP contribution in [0.3, 0.4) is 0 Å². The predicted molar refractivity (Wildman–Crippen MR) is 117 cm³/mol. The molecular formula is C18H31IN4O4. The van der Waals surface area contributed by atoms with E-state index >= 15 is 0 Å². The summed E-state index contributed by atoms with van der Waals surface area (Å²) in [6.45, 7) is 9.25. The molecule has 0 saturated heterocycles. The van der Waals surface area contributed by atoms with Gasteiger partial charge in [0.15, 0.2) is 5.96 Å². The Hall–Kier alpha value is -1.91. The van der Waals surface area contributed by atoms with Gasteiger partial charge in [0, 0.05) is 25.2 Å². The lowest BCUT2D eigenvalue weighted by Gasteiger charge is -2.20. The largest absolute Gasteiger partial charge is 0.508 e. The van der Waals surface area contributed by atoms with E-state index in [1.807, 2.05) is 27.7 Å². The van der Waals surface area contributed by atoms with Crippen molar-refractivity contribution in [1.82, 2.24) is 16.0 Å². The lowest BCUT2D eigenvalue weighted by atomic mass is 10.2. The summed E-state index contributed by atoms with van der Waals surface area (Å²) in [5, 5.41) is 18.8. The summed E-state index contributed by atoms with van der Waals surface area (Å²) in [5.41, 5.74) is 0.139. The number of methoxy groups -OCH3 is 1. The number of aromatic hydroxyl groups is 1. The normalized spacial score (nSPS) is 11.2. The van der Waals surface area contributed by atoms with Crippen LogP contribution in [0.2, 0.25) is 0 Å². The second kappa shape index (κ2) is 12.5. The minimum atomic E-state index is -0.521. The highest BCUT2D eigenvalue weighted by Crippen LogP contribution is 2.23. The molecule has 0 heterocycles. The summed E-state index contributed by atoms with van der Waals surface area (Å²) in [7, 11) is 1.57. The van der Waals surface area contributed by atoms with Crippen LogP contribution >= 0.6 is 24.0 Å². The molecular weight excluding hydrogens is 463 g/mol. The van der Waals surface area contributed by atoms with Gasteiger partial charge >= 0.3 is 6.09 Å². The first-order valence-corrected chi connectivity index (χ1v) is 8.60. The van der Waals surface area contributed by atoms with Crippen molar-refractivity contribution in [2.45, 2.75) is 39.8 Å². The summed E-state index contributed by atoms with van der Waals surface area (Å²) < 4.78 is 10.3. The molecule has 9 heteroatoms. The summed E-state index contributed by atoms with van der Waals surface area (Å²) in [6.07, 6.45) is -0.456. The van der Waals surface area contributed by atoms with Gasteiger partial charge in [-0.05, 0) is 45.9 Å². The zero-order valence-corrected chi connectivity index (χ0v) is 18.9. The number of nitrogens with zero attached hydrogens (tertiary/aromatic N) is 1. The molecule has 0 saturated carbocycles. The summed E-state index contributed by atoms with van der Waals surface area (Å²) in [6, 6.07) is 5.01. The summed E-state index contributed by atoms with van der Waals surface area (Å²) >= 11 is 0. The monoisotopic (exact) mass is 494 g/mol. The minimum Gasteiger partial charge on any atom is -0.508 e. The van der Waals surface area contributed by atoms with Gasteiger partial charge in [0.05, 0.1) is 13.7 Å². The molecule has 8 nitrogen and oxygen atoms in total. The van der Waals surface area contributed by atoms with Gasteiger partial charge in [0.25, 0.3) is 0 Å². The molecule has 1 aromatic carbocycles. The average Bonchev–Trinajstić information content (AvgIpc) is 2.56. The van der Waals surface area contributed by atoms with E-state index in [4.69, 9.17) is 9.47 Å². The molecule has 0 spiro atoms. The lowest BCUT2D eigenvalue weighted by molar-refractivity contribution is 0.0529. The predicted octanol–water partition coefficient (Wildman–Crippen LogP) is 2.60. The third-order valence-corrected chi connectivity index (χ3v) is 3.12. The van der Waals surface area contributed by atoms with E-state index in [-0.39, 0.29) is 36.3 Å². The molecule has 1 rings (SSSR count). The first kappa shape index (κ1) is 25.1. The highest BCUT2D eigenvalue weighted by atomic mass is 127. The Labute approximate surface area is 178 Å². The number of nitrogens with one attached hydrogen (secondary N) is 3. The van der Waals surface area contributed by atoms with E-state index in [0.717, 1.165) is 0 Å². The molecule has 0 aliphatic rings. The Kier molecular flexibility index (Phi) is 11.6. The second-order valence-electron chi connectivity index (χ2n) is 6.55. The fraction of sp³-hybridized carbons (Fsp3) is 0.556. The van der Waals surface area contributed by atoms with Crippen LogP contribution < -0.4 is 20.7 Å². The smallest absolute Gasteiger partial charge is 0.407 e. The van der Waals surface area contributed by atoms with Gasteiger partial charge in [-0.2, -0.15) is 0 Å². The van der Waals surface area contributed by atoms with Crippen molar-refractivity contribution in [3.8, 4) is 11.5 Å². The molecule has 0 atom stereocenters. The molecule has 0 fully saturated rings. The zero-order valence-electron chi connectivity index (χ0n) is 16.6. The number of halogens is 1. The Morgan fingerprint density at radius 3 is 2.44 bits per heavy atom. The molecule has 0 aliphatic carbocycles. The number of hydrogen-bond donors (Lipinski definition) is 4. The molecule has 0 aliphatic heterocycles. The number of phenolic OH excluding ortho intramolecular Hbond substituents is 1. The molecule has 1 amide bonds. The lowest BCUT2D eigenvalue weighted by Crippen LogP contribution is -2.42. The van der Waals surface area contributed by atoms with Crippen molar-refractivity contribution in [2.24, 2.45) is 4.99 Å². The van der Waals surface area contributed by atoms with Gasteiger partial charge < -0.3 is 30.5 Å². The molecule has 0 aromatic heterocycles. The number of guanidine groups is 1. The van der Waals surface area contributed by atoms with E-state index in [9.17, 15) is 9.90 Å². The van der Waals surface area contributed by atoms with Crippen molar-refractivity contribution in [3.05, 3.63) is 23.8 Å². The highest BCUT2D eigenvalue weighted by Gasteiger charge is 2.15. The number of carbonyl (C=O) groups excluding carboxylic acids is 1. The van der Waals surface area contributed by atoms with Crippen LogP contribution in [0.5, 0.6) is 11.5 Å². The second-order valence-corrected chi connectivity index (χ2v) is 6.55. The van der Waals surface area contributed by atoms with Gasteiger partial charge in [0.1, 0.15) is 17.1 Å². The molecule has 0 bridgehead atoms. The van der Waals surface area contributed by atoms with E-state index in [1.54, 1.807) is 25.3 Å². The fourth-order valence-corrected chi connectivity index (χ4v) is 1.98. The number of carbonyl (C=O) groups is 1. The number of ether oxygens (including phenoxy) is 2. The number of aliphatic imine (C=N–C) groups is 1. The molecule has 0 radical (unpaired) electrons. The van der Waals surface area contributed by atoms with Crippen LogP contribution in [0.1, 0.15) is 33.3 Å². The third kappa shape index (κ3) is 10.7. The van der Waals surface area contributed by atoms with Crippen molar-refractivity contribution in [2.75, 3.05) is 26.7 Å². The van der Waals surface area contributed by atoms with Crippen molar-refractivity contribution in [1.29, 1.82) is 0 Å². The molecule has 27 heavy (non-hydrogen) atoms.